The quantitative estimate of drug-likeness (QED) is 0.826. The highest BCUT2D eigenvalue weighted by atomic mass is 15.1. The molecule has 0 aliphatic carbocycles. The summed E-state index contributed by atoms with van der Waals surface area (Å²) in [6.07, 6.45) is 1.07. The molecule has 0 fully saturated rings. The van der Waals surface area contributed by atoms with E-state index in [1.807, 2.05) is 18.2 Å². The average Bonchev–Trinajstić information content (AvgIpc) is 2.42. The second-order valence-electron chi connectivity index (χ2n) is 4.84. The molecule has 0 spiro atoms. The van der Waals surface area contributed by atoms with Crippen LogP contribution in [-0.2, 0) is 13.0 Å². The molecule has 19 heavy (non-hydrogen) atoms. The van der Waals surface area contributed by atoms with Gasteiger partial charge in [0.2, 0.25) is 0 Å². The van der Waals surface area contributed by atoms with Crippen LogP contribution in [0.3, 0.4) is 0 Å². The number of nitrogen functional groups attached to an aromatic ring is 2. The summed E-state index contributed by atoms with van der Waals surface area (Å²) in [5.41, 5.74) is 16.6. The molecular weight excluding hydrogens is 234 g/mol. The maximum atomic E-state index is 5.84. The van der Waals surface area contributed by atoms with Crippen molar-refractivity contribution in [2.24, 2.45) is 0 Å². The molecule has 3 heteroatoms. The summed E-state index contributed by atoms with van der Waals surface area (Å²) in [4.78, 5) is 2.16. The maximum absolute atomic E-state index is 5.84. The van der Waals surface area contributed by atoms with Crippen molar-refractivity contribution in [1.82, 2.24) is 0 Å². The SMILES string of the molecule is CCc1ccc(CN(C)c2ccc(N)c(N)c2)cc1. The lowest BCUT2D eigenvalue weighted by atomic mass is 10.1. The zero-order chi connectivity index (χ0) is 13.8. The molecule has 2 aromatic carbocycles. The number of aryl methyl sites for hydroxylation is 1. The molecule has 0 saturated heterocycles. The Morgan fingerprint density at radius 2 is 1.53 bits per heavy atom. The van der Waals surface area contributed by atoms with Crippen molar-refractivity contribution in [3.05, 3.63) is 53.6 Å². The normalized spacial score (nSPS) is 10.4. The van der Waals surface area contributed by atoms with Gasteiger partial charge in [-0.25, -0.2) is 0 Å². The second-order valence-corrected chi connectivity index (χ2v) is 4.84. The lowest BCUT2D eigenvalue weighted by Crippen LogP contribution is -2.16. The fourth-order valence-electron chi connectivity index (χ4n) is 2.05. The van der Waals surface area contributed by atoms with Crippen molar-refractivity contribution in [3.8, 4) is 0 Å². The molecule has 0 saturated carbocycles. The summed E-state index contributed by atoms with van der Waals surface area (Å²) >= 11 is 0. The van der Waals surface area contributed by atoms with Crippen molar-refractivity contribution in [1.29, 1.82) is 0 Å². The Bertz CT molecular complexity index is 546. The van der Waals surface area contributed by atoms with Crippen LogP contribution < -0.4 is 16.4 Å². The highest BCUT2D eigenvalue weighted by Gasteiger charge is 2.04. The number of benzene rings is 2. The number of nitrogens with zero attached hydrogens (tertiary/aromatic N) is 1. The Labute approximate surface area is 114 Å². The van der Waals surface area contributed by atoms with E-state index in [0.717, 1.165) is 18.7 Å². The summed E-state index contributed by atoms with van der Waals surface area (Å²) in [5, 5.41) is 0. The van der Waals surface area contributed by atoms with Gasteiger partial charge >= 0.3 is 0 Å². The molecule has 0 radical (unpaired) electrons. The minimum Gasteiger partial charge on any atom is -0.397 e. The van der Waals surface area contributed by atoms with E-state index in [0.29, 0.717) is 11.4 Å². The van der Waals surface area contributed by atoms with Crippen molar-refractivity contribution in [2.45, 2.75) is 19.9 Å². The van der Waals surface area contributed by atoms with Crippen molar-refractivity contribution >= 4 is 17.1 Å². The molecule has 4 N–H and O–H groups in total. The van der Waals surface area contributed by atoms with Gasteiger partial charge in [-0.2, -0.15) is 0 Å². The van der Waals surface area contributed by atoms with Gasteiger partial charge in [-0.1, -0.05) is 31.2 Å². The van der Waals surface area contributed by atoms with E-state index >= 15 is 0 Å². The predicted molar refractivity (Wildman–Crippen MR) is 83.2 cm³/mol. The molecule has 3 nitrogen and oxygen atoms in total. The van der Waals surface area contributed by atoms with Crippen LogP contribution >= 0.6 is 0 Å². The minimum atomic E-state index is 0.629. The average molecular weight is 255 g/mol. The first kappa shape index (κ1) is 13.3. The molecule has 0 unspecified atom stereocenters. The zero-order valence-electron chi connectivity index (χ0n) is 11.6. The maximum Gasteiger partial charge on any atom is 0.0568 e. The molecule has 0 bridgehead atoms. The van der Waals surface area contributed by atoms with Gasteiger partial charge in [0.15, 0.2) is 0 Å². The molecule has 100 valence electrons. The lowest BCUT2D eigenvalue weighted by molar-refractivity contribution is 0.921. The number of rotatable bonds is 4. The second kappa shape index (κ2) is 5.65. The van der Waals surface area contributed by atoms with E-state index < -0.39 is 0 Å². The van der Waals surface area contributed by atoms with Crippen LogP contribution in [0.25, 0.3) is 0 Å². The molecule has 2 aromatic rings. The number of anilines is 3. The zero-order valence-corrected chi connectivity index (χ0v) is 11.6. The molecule has 2 rings (SSSR count). The number of hydrogen-bond acceptors (Lipinski definition) is 3. The highest BCUT2D eigenvalue weighted by molar-refractivity contribution is 5.69. The van der Waals surface area contributed by atoms with E-state index in [9.17, 15) is 0 Å². The first-order valence-corrected chi connectivity index (χ1v) is 6.54. The highest BCUT2D eigenvalue weighted by Crippen LogP contribution is 2.23. The minimum absolute atomic E-state index is 0.629. The molecule has 0 amide bonds. The van der Waals surface area contributed by atoms with Gasteiger partial charge in [0.05, 0.1) is 11.4 Å². The Morgan fingerprint density at radius 3 is 2.11 bits per heavy atom. The van der Waals surface area contributed by atoms with E-state index in [1.165, 1.54) is 11.1 Å². The van der Waals surface area contributed by atoms with Crippen LogP contribution in [0.4, 0.5) is 17.1 Å². The third-order valence-corrected chi connectivity index (χ3v) is 3.36. The van der Waals surface area contributed by atoms with E-state index in [4.69, 9.17) is 11.5 Å². The standard InChI is InChI=1S/C16H21N3/c1-3-12-4-6-13(7-5-12)11-19(2)14-8-9-15(17)16(18)10-14/h4-10H,3,11,17-18H2,1-2H3. The van der Waals surface area contributed by atoms with Crippen molar-refractivity contribution in [2.75, 3.05) is 23.4 Å². The first-order valence-electron chi connectivity index (χ1n) is 6.54. The fraction of sp³-hybridized carbons (Fsp3) is 0.250. The Hall–Kier alpha value is -2.16. The Kier molecular flexibility index (Phi) is 3.95. The smallest absolute Gasteiger partial charge is 0.0568 e. The molecule has 0 heterocycles. The summed E-state index contributed by atoms with van der Waals surface area (Å²) in [7, 11) is 2.05. The lowest BCUT2D eigenvalue weighted by Gasteiger charge is -2.20. The summed E-state index contributed by atoms with van der Waals surface area (Å²) in [6, 6.07) is 14.5. The molecule has 0 aromatic heterocycles. The van der Waals surface area contributed by atoms with Crippen molar-refractivity contribution < 1.29 is 0 Å². The summed E-state index contributed by atoms with van der Waals surface area (Å²) in [5.74, 6) is 0. The topological polar surface area (TPSA) is 55.3 Å². The van der Waals surface area contributed by atoms with Gasteiger partial charge in [-0.05, 0) is 35.7 Å². The van der Waals surface area contributed by atoms with Gasteiger partial charge in [-0.15, -0.1) is 0 Å². The number of nitrogens with two attached hydrogens (primary N) is 2. The molecule has 0 aliphatic rings. The van der Waals surface area contributed by atoms with Crippen LogP contribution in [0.5, 0.6) is 0 Å². The van der Waals surface area contributed by atoms with Crippen LogP contribution in [0.1, 0.15) is 18.1 Å². The van der Waals surface area contributed by atoms with E-state index in [-0.39, 0.29) is 0 Å². The largest absolute Gasteiger partial charge is 0.397 e. The van der Waals surface area contributed by atoms with Gasteiger partial charge in [0.1, 0.15) is 0 Å². The monoisotopic (exact) mass is 255 g/mol. The molecular formula is C16H21N3. The first-order chi connectivity index (χ1) is 9.10. The van der Waals surface area contributed by atoms with E-state index in [1.54, 1.807) is 0 Å². The Balaban J connectivity index is 2.10. The van der Waals surface area contributed by atoms with Crippen LogP contribution in [0.2, 0.25) is 0 Å². The third-order valence-electron chi connectivity index (χ3n) is 3.36. The predicted octanol–water partition coefficient (Wildman–Crippen LogP) is 3.05. The van der Waals surface area contributed by atoms with Crippen LogP contribution in [-0.4, -0.2) is 7.05 Å². The fourth-order valence-corrected chi connectivity index (χ4v) is 2.05. The summed E-state index contributed by atoms with van der Waals surface area (Å²) < 4.78 is 0. The Morgan fingerprint density at radius 1 is 0.895 bits per heavy atom. The van der Waals surface area contributed by atoms with Crippen LogP contribution in [0.15, 0.2) is 42.5 Å². The molecule has 0 aliphatic heterocycles. The van der Waals surface area contributed by atoms with Gasteiger partial charge in [-0.3, -0.25) is 0 Å². The number of hydrogen-bond donors (Lipinski definition) is 2. The van der Waals surface area contributed by atoms with Crippen molar-refractivity contribution in [3.63, 3.8) is 0 Å². The summed E-state index contributed by atoms with van der Waals surface area (Å²) in [6.45, 7) is 3.02. The van der Waals surface area contributed by atoms with Gasteiger partial charge in [0.25, 0.3) is 0 Å². The van der Waals surface area contributed by atoms with Gasteiger partial charge < -0.3 is 16.4 Å². The molecule has 0 atom stereocenters. The van der Waals surface area contributed by atoms with Gasteiger partial charge in [0, 0.05) is 19.3 Å². The third kappa shape index (κ3) is 3.19. The van der Waals surface area contributed by atoms with E-state index in [2.05, 4.69) is 43.1 Å². The van der Waals surface area contributed by atoms with Crippen LogP contribution in [0, 0.1) is 0 Å².